The number of imidazole rings is 1. The van der Waals surface area contributed by atoms with Crippen LogP contribution >= 0.6 is 11.8 Å². The van der Waals surface area contributed by atoms with Gasteiger partial charge >= 0.3 is 6.18 Å². The highest BCUT2D eigenvalue weighted by Gasteiger charge is 2.39. The Morgan fingerprint density at radius 3 is 2.52 bits per heavy atom. The first-order valence-electron chi connectivity index (χ1n) is 8.61. The molecule has 3 aromatic rings. The number of amides is 1. The van der Waals surface area contributed by atoms with Crippen molar-refractivity contribution in [2.24, 2.45) is 0 Å². The van der Waals surface area contributed by atoms with Crippen LogP contribution in [0.15, 0.2) is 47.8 Å². The zero-order valence-corrected chi connectivity index (χ0v) is 16.1. The van der Waals surface area contributed by atoms with Crippen LogP contribution in [-0.2, 0) is 18.3 Å². The van der Waals surface area contributed by atoms with E-state index in [-0.39, 0.29) is 16.7 Å². The molecule has 3 N–H and O–H groups in total. The molecular formula is C19H17F3N4O2S. The van der Waals surface area contributed by atoms with Crippen molar-refractivity contribution < 1.29 is 23.1 Å². The Labute approximate surface area is 168 Å². The number of pyridine rings is 1. The van der Waals surface area contributed by atoms with Gasteiger partial charge in [0.1, 0.15) is 0 Å². The highest BCUT2D eigenvalue weighted by Crippen LogP contribution is 2.33. The van der Waals surface area contributed by atoms with E-state index in [2.05, 4.69) is 20.3 Å². The van der Waals surface area contributed by atoms with Crippen molar-refractivity contribution in [2.75, 3.05) is 5.32 Å². The van der Waals surface area contributed by atoms with E-state index >= 15 is 0 Å². The SMILES string of the molecule is CCc1ccc(CSc2nc(C(=O)Nc3ncccc3O)c(C(F)(F)F)[nH]2)cc1. The molecule has 0 spiro atoms. The third-order valence-corrected chi connectivity index (χ3v) is 4.95. The van der Waals surface area contributed by atoms with Gasteiger partial charge in [-0.05, 0) is 29.7 Å². The van der Waals surface area contributed by atoms with Gasteiger partial charge in [0.05, 0.1) is 0 Å². The first-order chi connectivity index (χ1) is 13.8. The summed E-state index contributed by atoms with van der Waals surface area (Å²) in [4.78, 5) is 22.1. The van der Waals surface area contributed by atoms with Gasteiger partial charge in [-0.1, -0.05) is 43.0 Å². The van der Waals surface area contributed by atoms with Gasteiger partial charge in [0, 0.05) is 11.9 Å². The zero-order valence-electron chi connectivity index (χ0n) is 15.2. The summed E-state index contributed by atoms with van der Waals surface area (Å²) in [6.07, 6.45) is -2.62. The van der Waals surface area contributed by atoms with Crippen LogP contribution in [0.1, 0.15) is 34.2 Å². The number of alkyl halides is 3. The van der Waals surface area contributed by atoms with Crippen LogP contribution in [0, 0.1) is 0 Å². The normalized spacial score (nSPS) is 11.4. The molecule has 10 heteroatoms. The molecule has 0 bridgehead atoms. The molecule has 152 valence electrons. The monoisotopic (exact) mass is 422 g/mol. The quantitative estimate of drug-likeness (QED) is 0.504. The summed E-state index contributed by atoms with van der Waals surface area (Å²) in [5, 5.41) is 11.8. The molecule has 0 aliphatic heterocycles. The minimum atomic E-state index is -4.80. The van der Waals surface area contributed by atoms with E-state index < -0.39 is 23.5 Å². The zero-order chi connectivity index (χ0) is 21.0. The summed E-state index contributed by atoms with van der Waals surface area (Å²) >= 11 is 1.05. The van der Waals surface area contributed by atoms with Crippen molar-refractivity contribution in [3.05, 3.63) is 65.1 Å². The number of benzene rings is 1. The number of hydrogen-bond donors (Lipinski definition) is 3. The number of carbonyl (C=O) groups excluding carboxylic acids is 1. The van der Waals surface area contributed by atoms with Gasteiger partial charge in [0.15, 0.2) is 28.1 Å². The van der Waals surface area contributed by atoms with Crippen LogP contribution in [0.5, 0.6) is 5.75 Å². The third-order valence-electron chi connectivity index (χ3n) is 4.01. The molecule has 0 atom stereocenters. The molecular weight excluding hydrogens is 405 g/mol. The van der Waals surface area contributed by atoms with Gasteiger partial charge < -0.3 is 15.4 Å². The number of carbonyl (C=O) groups is 1. The van der Waals surface area contributed by atoms with Crippen molar-refractivity contribution in [2.45, 2.75) is 30.4 Å². The first kappa shape index (κ1) is 20.7. The molecule has 1 amide bonds. The van der Waals surface area contributed by atoms with Crippen molar-refractivity contribution in [3.63, 3.8) is 0 Å². The lowest BCUT2D eigenvalue weighted by Crippen LogP contribution is -2.19. The summed E-state index contributed by atoms with van der Waals surface area (Å²) in [7, 11) is 0. The van der Waals surface area contributed by atoms with Crippen LogP contribution in [-0.4, -0.2) is 26.0 Å². The smallest absolute Gasteiger partial charge is 0.433 e. The Bertz CT molecular complexity index is 1000. The maximum Gasteiger partial charge on any atom is 0.433 e. The second-order valence-electron chi connectivity index (χ2n) is 6.05. The number of aromatic nitrogens is 3. The lowest BCUT2D eigenvalue weighted by atomic mass is 10.1. The third kappa shape index (κ3) is 5.08. The maximum absolute atomic E-state index is 13.4. The number of aromatic amines is 1. The summed E-state index contributed by atoms with van der Waals surface area (Å²) in [6, 6.07) is 10.4. The van der Waals surface area contributed by atoms with Gasteiger partial charge in [0.25, 0.3) is 5.91 Å². The second kappa shape index (κ2) is 8.56. The Hall–Kier alpha value is -3.01. The number of thioether (sulfide) groups is 1. The van der Waals surface area contributed by atoms with E-state index in [1.54, 1.807) is 0 Å². The van der Waals surface area contributed by atoms with Crippen molar-refractivity contribution in [1.82, 2.24) is 15.0 Å². The second-order valence-corrected chi connectivity index (χ2v) is 7.01. The molecule has 0 saturated heterocycles. The number of nitrogens with one attached hydrogen (secondary N) is 2. The Balaban J connectivity index is 1.80. The number of aryl methyl sites for hydroxylation is 1. The average molecular weight is 422 g/mol. The molecule has 29 heavy (non-hydrogen) atoms. The lowest BCUT2D eigenvalue weighted by molar-refractivity contribution is -0.141. The molecule has 2 aromatic heterocycles. The van der Waals surface area contributed by atoms with Crippen molar-refractivity contribution in [3.8, 4) is 5.75 Å². The van der Waals surface area contributed by atoms with Crippen molar-refractivity contribution >= 4 is 23.5 Å². The number of aromatic hydroxyl groups is 1. The fraction of sp³-hybridized carbons (Fsp3) is 0.211. The van der Waals surface area contributed by atoms with Gasteiger partial charge in [-0.3, -0.25) is 4.79 Å². The highest BCUT2D eigenvalue weighted by molar-refractivity contribution is 7.98. The number of hydrogen-bond acceptors (Lipinski definition) is 5. The fourth-order valence-electron chi connectivity index (χ4n) is 2.47. The number of halogens is 3. The fourth-order valence-corrected chi connectivity index (χ4v) is 3.30. The van der Waals surface area contributed by atoms with E-state index in [9.17, 15) is 23.1 Å². The predicted molar refractivity (Wildman–Crippen MR) is 103 cm³/mol. The van der Waals surface area contributed by atoms with Crippen LogP contribution in [0.25, 0.3) is 0 Å². The number of H-pyrrole nitrogens is 1. The van der Waals surface area contributed by atoms with E-state index in [0.717, 1.165) is 29.3 Å². The lowest BCUT2D eigenvalue weighted by Gasteiger charge is -2.07. The Morgan fingerprint density at radius 1 is 1.21 bits per heavy atom. The number of rotatable bonds is 6. The standard InChI is InChI=1S/C19H17F3N4O2S/c1-2-11-5-7-12(8-6-11)10-29-18-24-14(15(25-18)19(20,21)22)17(28)26-16-13(27)4-3-9-23-16/h3-9,27H,2,10H2,1H3,(H,24,25)(H,23,26,28). The van der Waals surface area contributed by atoms with E-state index in [1.165, 1.54) is 18.3 Å². The van der Waals surface area contributed by atoms with Crippen LogP contribution in [0.3, 0.4) is 0 Å². The molecule has 0 radical (unpaired) electrons. The molecule has 1 aromatic carbocycles. The van der Waals surface area contributed by atoms with Crippen molar-refractivity contribution in [1.29, 1.82) is 0 Å². The van der Waals surface area contributed by atoms with E-state index in [0.29, 0.717) is 5.75 Å². The predicted octanol–water partition coefficient (Wildman–Crippen LogP) is 4.64. The number of nitrogens with zero attached hydrogens (tertiary/aromatic N) is 2. The largest absolute Gasteiger partial charge is 0.504 e. The van der Waals surface area contributed by atoms with Crippen LogP contribution < -0.4 is 5.32 Å². The average Bonchev–Trinajstić information content (AvgIpc) is 3.14. The Kier molecular flexibility index (Phi) is 6.12. The van der Waals surface area contributed by atoms with E-state index in [1.807, 2.05) is 31.2 Å². The summed E-state index contributed by atoms with van der Waals surface area (Å²) < 4.78 is 40.1. The minimum absolute atomic E-state index is 0.0349. The summed E-state index contributed by atoms with van der Waals surface area (Å²) in [6.45, 7) is 2.03. The highest BCUT2D eigenvalue weighted by atomic mass is 32.2. The molecule has 0 unspecified atom stereocenters. The summed E-state index contributed by atoms with van der Waals surface area (Å²) in [5.74, 6) is -1.35. The van der Waals surface area contributed by atoms with Crippen LogP contribution in [0.2, 0.25) is 0 Å². The topological polar surface area (TPSA) is 90.9 Å². The van der Waals surface area contributed by atoms with Gasteiger partial charge in [-0.2, -0.15) is 13.2 Å². The minimum Gasteiger partial charge on any atom is -0.504 e. The van der Waals surface area contributed by atoms with Crippen LogP contribution in [0.4, 0.5) is 19.0 Å². The summed E-state index contributed by atoms with van der Waals surface area (Å²) in [5.41, 5.74) is 0.00930. The molecule has 2 heterocycles. The molecule has 6 nitrogen and oxygen atoms in total. The first-order valence-corrected chi connectivity index (χ1v) is 9.59. The Morgan fingerprint density at radius 2 is 1.90 bits per heavy atom. The molecule has 3 rings (SSSR count). The maximum atomic E-state index is 13.4. The van der Waals surface area contributed by atoms with Gasteiger partial charge in [-0.15, -0.1) is 0 Å². The van der Waals surface area contributed by atoms with E-state index in [4.69, 9.17) is 0 Å². The molecule has 0 aliphatic carbocycles. The molecule has 0 aliphatic rings. The molecule has 0 saturated carbocycles. The molecule has 0 fully saturated rings. The van der Waals surface area contributed by atoms with Gasteiger partial charge in [-0.25, -0.2) is 9.97 Å². The van der Waals surface area contributed by atoms with Gasteiger partial charge in [0.2, 0.25) is 0 Å². The number of anilines is 1.